The molecular formula is C23H28N4O. The predicted molar refractivity (Wildman–Crippen MR) is 114 cm³/mol. The van der Waals surface area contributed by atoms with Crippen LogP contribution in [0.5, 0.6) is 0 Å². The number of aromatic amines is 1. The number of rotatable bonds is 4. The molecule has 2 aromatic carbocycles. The van der Waals surface area contributed by atoms with Crippen molar-refractivity contribution < 1.29 is 4.79 Å². The van der Waals surface area contributed by atoms with Crippen molar-refractivity contribution >= 4 is 22.8 Å². The smallest absolute Gasteiger partial charge is 0.319 e. The van der Waals surface area contributed by atoms with Crippen LogP contribution in [0.4, 0.5) is 10.5 Å². The number of imidazole rings is 1. The number of fused-ring (bicyclic) bond motifs is 1. The van der Waals surface area contributed by atoms with Crippen LogP contribution in [-0.2, 0) is 0 Å². The van der Waals surface area contributed by atoms with E-state index < -0.39 is 0 Å². The van der Waals surface area contributed by atoms with E-state index >= 15 is 0 Å². The summed E-state index contributed by atoms with van der Waals surface area (Å²) in [6.45, 7) is 4.33. The number of amides is 2. The van der Waals surface area contributed by atoms with Crippen molar-refractivity contribution in [2.75, 3.05) is 5.32 Å². The van der Waals surface area contributed by atoms with Gasteiger partial charge in [0, 0.05) is 17.6 Å². The van der Waals surface area contributed by atoms with Gasteiger partial charge >= 0.3 is 6.03 Å². The van der Waals surface area contributed by atoms with Gasteiger partial charge in [-0.15, -0.1) is 0 Å². The number of nitrogens with one attached hydrogen (secondary N) is 3. The second kappa shape index (κ2) is 8.05. The normalized spacial score (nSPS) is 19.7. The number of para-hydroxylation sites is 2. The van der Waals surface area contributed by atoms with Gasteiger partial charge in [-0.3, -0.25) is 0 Å². The van der Waals surface area contributed by atoms with Gasteiger partial charge in [-0.2, -0.15) is 0 Å². The zero-order valence-corrected chi connectivity index (χ0v) is 16.5. The summed E-state index contributed by atoms with van der Waals surface area (Å²) < 4.78 is 0. The summed E-state index contributed by atoms with van der Waals surface area (Å²) in [4.78, 5) is 20.6. The van der Waals surface area contributed by atoms with E-state index in [4.69, 9.17) is 4.98 Å². The van der Waals surface area contributed by atoms with Crippen molar-refractivity contribution in [3.8, 4) is 0 Å². The van der Waals surface area contributed by atoms with Crippen molar-refractivity contribution in [2.24, 2.45) is 0 Å². The number of urea groups is 1. The molecule has 1 aromatic heterocycles. The molecule has 5 nitrogen and oxygen atoms in total. The standard InChI is InChI=1S/C23H28N4O/c1-15(2)16-10-12-18(13-11-16)24-23(28)25-19-7-5-6-17(14-19)22-26-20-8-3-4-9-21(20)27-22/h3-4,8-13,15,17,19H,5-7,14H2,1-2H3,(H,26,27)(H2,24,25,28)/t17-,19+/m0/s1. The average molecular weight is 377 g/mol. The summed E-state index contributed by atoms with van der Waals surface area (Å²) >= 11 is 0. The number of anilines is 1. The monoisotopic (exact) mass is 376 g/mol. The molecule has 146 valence electrons. The number of hydrogen-bond donors (Lipinski definition) is 3. The van der Waals surface area contributed by atoms with Gasteiger partial charge in [0.2, 0.25) is 0 Å². The third-order valence-electron chi connectivity index (χ3n) is 5.64. The van der Waals surface area contributed by atoms with Gasteiger partial charge in [-0.1, -0.05) is 44.5 Å². The first-order valence-corrected chi connectivity index (χ1v) is 10.2. The summed E-state index contributed by atoms with van der Waals surface area (Å²) in [6.07, 6.45) is 4.13. The number of carbonyl (C=O) groups excluding carboxylic acids is 1. The Kier molecular flexibility index (Phi) is 5.33. The minimum Gasteiger partial charge on any atom is -0.342 e. The summed E-state index contributed by atoms with van der Waals surface area (Å²) in [6, 6.07) is 16.2. The molecular weight excluding hydrogens is 348 g/mol. The first kappa shape index (κ1) is 18.5. The average Bonchev–Trinajstić information content (AvgIpc) is 3.13. The number of carbonyl (C=O) groups is 1. The van der Waals surface area contributed by atoms with Crippen molar-refractivity contribution in [1.82, 2.24) is 15.3 Å². The Bertz CT molecular complexity index is 912. The van der Waals surface area contributed by atoms with E-state index in [0.29, 0.717) is 11.8 Å². The number of nitrogens with zero attached hydrogens (tertiary/aromatic N) is 1. The van der Waals surface area contributed by atoms with E-state index in [1.807, 2.05) is 30.3 Å². The maximum absolute atomic E-state index is 12.4. The van der Waals surface area contributed by atoms with Crippen LogP contribution in [0.15, 0.2) is 48.5 Å². The molecule has 3 aromatic rings. The lowest BCUT2D eigenvalue weighted by Gasteiger charge is -2.28. The minimum atomic E-state index is -0.132. The highest BCUT2D eigenvalue weighted by Crippen LogP contribution is 2.32. The maximum Gasteiger partial charge on any atom is 0.319 e. The molecule has 1 heterocycles. The van der Waals surface area contributed by atoms with Crippen LogP contribution in [0.25, 0.3) is 11.0 Å². The summed E-state index contributed by atoms with van der Waals surface area (Å²) in [7, 11) is 0. The molecule has 2 atom stereocenters. The highest BCUT2D eigenvalue weighted by Gasteiger charge is 2.26. The largest absolute Gasteiger partial charge is 0.342 e. The van der Waals surface area contributed by atoms with Crippen LogP contribution in [0.1, 0.15) is 62.8 Å². The lowest BCUT2D eigenvalue weighted by Crippen LogP contribution is -2.40. The second-order valence-corrected chi connectivity index (χ2v) is 8.07. The van der Waals surface area contributed by atoms with E-state index in [0.717, 1.165) is 48.2 Å². The third-order valence-corrected chi connectivity index (χ3v) is 5.64. The molecule has 0 aliphatic heterocycles. The lowest BCUT2D eigenvalue weighted by molar-refractivity contribution is 0.242. The first-order chi connectivity index (χ1) is 13.6. The molecule has 4 rings (SSSR count). The summed E-state index contributed by atoms with van der Waals surface area (Å²) in [5.74, 6) is 1.88. The van der Waals surface area contributed by atoms with Gasteiger partial charge in [0.05, 0.1) is 11.0 Å². The van der Waals surface area contributed by atoms with Gasteiger partial charge in [0.15, 0.2) is 0 Å². The van der Waals surface area contributed by atoms with E-state index in [2.05, 4.69) is 47.7 Å². The molecule has 0 saturated heterocycles. The first-order valence-electron chi connectivity index (χ1n) is 10.2. The Balaban J connectivity index is 1.36. The van der Waals surface area contributed by atoms with Crippen LogP contribution in [0.3, 0.4) is 0 Å². The third kappa shape index (κ3) is 4.19. The second-order valence-electron chi connectivity index (χ2n) is 8.07. The number of aromatic nitrogens is 2. The highest BCUT2D eigenvalue weighted by molar-refractivity contribution is 5.89. The Morgan fingerprint density at radius 1 is 1.11 bits per heavy atom. The molecule has 1 aliphatic carbocycles. The van der Waals surface area contributed by atoms with E-state index in [1.54, 1.807) is 0 Å². The van der Waals surface area contributed by atoms with Crippen LogP contribution >= 0.6 is 0 Å². The van der Waals surface area contributed by atoms with Crippen molar-refractivity contribution in [3.05, 3.63) is 59.9 Å². The molecule has 5 heteroatoms. The number of benzene rings is 2. The molecule has 1 saturated carbocycles. The Morgan fingerprint density at radius 3 is 2.64 bits per heavy atom. The van der Waals surface area contributed by atoms with Crippen molar-refractivity contribution in [1.29, 1.82) is 0 Å². The molecule has 1 fully saturated rings. The molecule has 0 spiro atoms. The zero-order valence-electron chi connectivity index (χ0n) is 16.5. The van der Waals surface area contributed by atoms with E-state index in [1.165, 1.54) is 5.56 Å². The minimum absolute atomic E-state index is 0.132. The molecule has 2 amide bonds. The zero-order chi connectivity index (χ0) is 19.5. The van der Waals surface area contributed by atoms with E-state index in [-0.39, 0.29) is 12.1 Å². The van der Waals surface area contributed by atoms with Gasteiger partial charge in [0.1, 0.15) is 5.82 Å². The number of hydrogen-bond acceptors (Lipinski definition) is 2. The van der Waals surface area contributed by atoms with Crippen LogP contribution in [0, 0.1) is 0 Å². The topological polar surface area (TPSA) is 69.8 Å². The lowest BCUT2D eigenvalue weighted by atomic mass is 9.85. The Morgan fingerprint density at radius 2 is 1.89 bits per heavy atom. The fourth-order valence-electron chi connectivity index (χ4n) is 4.04. The maximum atomic E-state index is 12.4. The fraction of sp³-hybridized carbons (Fsp3) is 0.391. The molecule has 1 aliphatic rings. The van der Waals surface area contributed by atoms with Crippen molar-refractivity contribution in [2.45, 2.75) is 57.4 Å². The van der Waals surface area contributed by atoms with Crippen LogP contribution in [0.2, 0.25) is 0 Å². The number of H-pyrrole nitrogens is 1. The predicted octanol–water partition coefficient (Wildman–Crippen LogP) is 5.53. The Hall–Kier alpha value is -2.82. The van der Waals surface area contributed by atoms with Gasteiger partial charge in [-0.25, -0.2) is 9.78 Å². The van der Waals surface area contributed by atoms with Gasteiger partial charge in [0.25, 0.3) is 0 Å². The highest BCUT2D eigenvalue weighted by atomic mass is 16.2. The van der Waals surface area contributed by atoms with Crippen LogP contribution in [-0.4, -0.2) is 22.0 Å². The summed E-state index contributed by atoms with van der Waals surface area (Å²) in [5, 5.41) is 6.10. The van der Waals surface area contributed by atoms with Crippen LogP contribution < -0.4 is 10.6 Å². The van der Waals surface area contributed by atoms with Gasteiger partial charge in [-0.05, 0) is 55.0 Å². The summed E-state index contributed by atoms with van der Waals surface area (Å²) in [5.41, 5.74) is 4.18. The SMILES string of the molecule is CC(C)c1ccc(NC(=O)N[C@@H]2CCC[C@H](c3nc4ccccc4[nH]3)C2)cc1. The molecule has 0 unspecified atom stereocenters. The Labute approximate surface area is 166 Å². The van der Waals surface area contributed by atoms with Gasteiger partial charge < -0.3 is 15.6 Å². The van der Waals surface area contributed by atoms with E-state index in [9.17, 15) is 4.79 Å². The fourth-order valence-corrected chi connectivity index (χ4v) is 4.04. The quantitative estimate of drug-likeness (QED) is 0.560. The molecule has 3 N–H and O–H groups in total. The van der Waals surface area contributed by atoms with Crippen molar-refractivity contribution in [3.63, 3.8) is 0 Å². The molecule has 0 radical (unpaired) electrons. The molecule has 0 bridgehead atoms. The molecule has 28 heavy (non-hydrogen) atoms.